The van der Waals surface area contributed by atoms with Gasteiger partial charge in [0.25, 0.3) is 11.6 Å². The summed E-state index contributed by atoms with van der Waals surface area (Å²) in [5.74, 6) is -12.2. The number of ether oxygens (including phenoxy) is 3. The maximum atomic E-state index is 12.5. The average Bonchev–Trinajstić information content (AvgIpc) is 2.91. The van der Waals surface area contributed by atoms with Crippen LogP contribution in [0.2, 0.25) is 0 Å². The van der Waals surface area contributed by atoms with E-state index in [1.165, 1.54) is 0 Å². The molecule has 0 aromatic rings. The molecule has 2 amide bonds. The highest BCUT2D eigenvalue weighted by atomic mass is 32.3. The van der Waals surface area contributed by atoms with Crippen molar-refractivity contribution in [2.24, 2.45) is 0 Å². The molecule has 45 heavy (non-hydrogen) atoms. The lowest BCUT2D eigenvalue weighted by Gasteiger charge is -2.49. The molecule has 0 unspecified atom stereocenters. The molecule has 2 aliphatic rings. The summed E-state index contributed by atoms with van der Waals surface area (Å²) < 4.78 is 50.3. The van der Waals surface area contributed by atoms with Crippen LogP contribution in [0.3, 0.4) is 0 Å². The molecule has 0 saturated carbocycles. The zero-order valence-corrected chi connectivity index (χ0v) is 24.4. The van der Waals surface area contributed by atoms with Gasteiger partial charge in [0.05, 0.1) is 37.5 Å². The van der Waals surface area contributed by atoms with Crippen LogP contribution in [0.1, 0.15) is 26.7 Å². The molecule has 260 valence electrons. The summed E-state index contributed by atoms with van der Waals surface area (Å²) in [6.07, 6.45) is -19.7. The molecule has 2 saturated heterocycles. The number of hydrogen-bond donors (Lipinski definition) is 12. The molecule has 22 nitrogen and oxygen atoms in total. The van der Waals surface area contributed by atoms with Gasteiger partial charge in [-0.05, 0) is 0 Å². The molecule has 2 rings (SSSR count). The van der Waals surface area contributed by atoms with Crippen molar-refractivity contribution in [3.05, 3.63) is 0 Å². The van der Waals surface area contributed by atoms with E-state index in [2.05, 4.69) is 14.8 Å². The predicted octanol–water partition coefficient (Wildman–Crippen LogP) is -6.87. The van der Waals surface area contributed by atoms with E-state index < -0.39 is 133 Å². The molecule has 2 heterocycles. The summed E-state index contributed by atoms with van der Waals surface area (Å²) in [4.78, 5) is 47.6. The third kappa shape index (κ3) is 9.44. The van der Waals surface area contributed by atoms with Crippen LogP contribution in [0, 0.1) is 0 Å². The largest absolute Gasteiger partial charge is 0.477 e. The summed E-state index contributed by atoms with van der Waals surface area (Å²) in [5, 5.41) is 97.5. The van der Waals surface area contributed by atoms with Crippen molar-refractivity contribution in [1.29, 1.82) is 0 Å². The summed E-state index contributed by atoms with van der Waals surface area (Å²) in [7, 11) is -5.15. The van der Waals surface area contributed by atoms with Gasteiger partial charge >= 0.3 is 22.3 Å². The van der Waals surface area contributed by atoms with Gasteiger partial charge in [-0.1, -0.05) is 0 Å². The Kier molecular flexibility index (Phi) is 12.7. The second-order valence-corrected chi connectivity index (χ2v) is 11.5. The first kappa shape index (κ1) is 38.5. The summed E-state index contributed by atoms with van der Waals surface area (Å²) in [6, 6.07) is -3.40. The fraction of sp³-hybridized carbons (Fsp3) is 0.818. The highest BCUT2D eigenvalue weighted by Crippen LogP contribution is 2.37. The van der Waals surface area contributed by atoms with Crippen LogP contribution in [0.4, 0.5) is 0 Å². The molecule has 0 aliphatic carbocycles. The number of carbonyl (C=O) groups is 4. The number of nitrogens with one attached hydrogen (secondary N) is 2. The second-order valence-electron chi connectivity index (χ2n) is 10.4. The van der Waals surface area contributed by atoms with Crippen LogP contribution in [0.25, 0.3) is 0 Å². The lowest BCUT2D eigenvalue weighted by molar-refractivity contribution is -0.342. The number of rotatable bonds is 14. The highest BCUT2D eigenvalue weighted by Gasteiger charge is 2.59. The summed E-state index contributed by atoms with van der Waals surface area (Å²) >= 11 is 0. The van der Waals surface area contributed by atoms with Gasteiger partial charge < -0.3 is 70.8 Å². The maximum Gasteiger partial charge on any atom is 0.397 e. The van der Waals surface area contributed by atoms with E-state index in [0.717, 1.165) is 13.8 Å². The van der Waals surface area contributed by atoms with Crippen LogP contribution in [0.15, 0.2) is 0 Å². The Morgan fingerprint density at radius 3 is 1.80 bits per heavy atom. The van der Waals surface area contributed by atoms with Crippen LogP contribution in [-0.4, -0.2) is 168 Å². The highest BCUT2D eigenvalue weighted by molar-refractivity contribution is 7.80. The minimum absolute atomic E-state index is 0.833. The number of aliphatic carboxylic acids is 2. The molecule has 12 atom stereocenters. The fourth-order valence-corrected chi connectivity index (χ4v) is 5.19. The Balaban J connectivity index is 2.50. The molecular formula is C22H36N2O20S. The van der Waals surface area contributed by atoms with E-state index in [4.69, 9.17) is 18.8 Å². The zero-order valence-electron chi connectivity index (χ0n) is 23.6. The van der Waals surface area contributed by atoms with Gasteiger partial charge in [-0.15, -0.1) is 0 Å². The number of aliphatic hydroxyl groups excluding tert-OH is 6. The fourth-order valence-electron chi connectivity index (χ4n) is 4.87. The third-order valence-electron chi connectivity index (χ3n) is 6.92. The van der Waals surface area contributed by atoms with Gasteiger partial charge in [-0.2, -0.15) is 8.42 Å². The molecule has 0 aromatic carbocycles. The standard InChI is InChI=1S/C22H36N2O20S/c1-7(26)23-13-9(28)3-21(37,19(33)34)43-18(13)16(32)12(5-25)42-22(20(35)36)4-10(29)14(24-8(2)27)17(44-22)15(31)11(30)6-41-45(38,39)40/h9-18,25,28-32,37H,3-6H2,1-2H3,(H,23,26)(H,24,27)(H,33,34)(H,35,36)(H,38,39,40)/t9-,10-,11+,12+,13+,14+,15+,16+,17+,18+,21-,22+/m0/s1. The molecule has 0 bridgehead atoms. The Hall–Kier alpha value is -2.65. The van der Waals surface area contributed by atoms with Crippen molar-refractivity contribution in [3.63, 3.8) is 0 Å². The Labute approximate surface area is 254 Å². The van der Waals surface area contributed by atoms with Crippen LogP contribution in [0.5, 0.6) is 0 Å². The van der Waals surface area contributed by atoms with E-state index in [1.807, 2.05) is 0 Å². The zero-order chi connectivity index (χ0) is 34.7. The minimum atomic E-state index is -5.15. The maximum absolute atomic E-state index is 12.5. The molecular weight excluding hydrogens is 644 g/mol. The van der Waals surface area contributed by atoms with Gasteiger partial charge in [0.2, 0.25) is 11.8 Å². The van der Waals surface area contributed by atoms with E-state index >= 15 is 0 Å². The molecule has 0 aromatic heterocycles. The third-order valence-corrected chi connectivity index (χ3v) is 7.35. The first-order valence-corrected chi connectivity index (χ1v) is 14.3. The number of aliphatic hydroxyl groups is 7. The van der Waals surface area contributed by atoms with E-state index in [0.29, 0.717) is 0 Å². The average molecular weight is 681 g/mol. The lowest BCUT2D eigenvalue weighted by atomic mass is 9.87. The van der Waals surface area contributed by atoms with E-state index in [-0.39, 0.29) is 0 Å². The van der Waals surface area contributed by atoms with Crippen LogP contribution < -0.4 is 10.6 Å². The quantitative estimate of drug-likeness (QED) is 0.0758. The Morgan fingerprint density at radius 2 is 1.38 bits per heavy atom. The Morgan fingerprint density at radius 1 is 0.889 bits per heavy atom. The lowest BCUT2D eigenvalue weighted by Crippen LogP contribution is -2.70. The van der Waals surface area contributed by atoms with Crippen LogP contribution in [-0.2, 0) is 48.0 Å². The van der Waals surface area contributed by atoms with Crippen molar-refractivity contribution >= 4 is 34.2 Å². The van der Waals surface area contributed by atoms with Crippen molar-refractivity contribution in [1.82, 2.24) is 10.6 Å². The number of carbonyl (C=O) groups excluding carboxylic acids is 2. The molecule has 2 fully saturated rings. The minimum Gasteiger partial charge on any atom is -0.477 e. The SMILES string of the molecule is CC(=O)N[C@H]1[C@H]([C@H](O)[C@H](O)COS(=O)(=O)O)O[C@@](O[C@H](CO)[C@@H](O)[C@@H]2O[C@](O)(C(=O)O)C[C@H](O)[C@H]2NC(C)=O)(C(=O)O)C[C@@H]1O. The topological polar surface area (TPSA) is 366 Å². The van der Waals surface area contributed by atoms with Crippen molar-refractivity contribution in [2.75, 3.05) is 13.2 Å². The van der Waals surface area contributed by atoms with Gasteiger partial charge in [0.15, 0.2) is 0 Å². The van der Waals surface area contributed by atoms with Gasteiger partial charge in [0.1, 0.15) is 36.6 Å². The normalized spacial score (nSPS) is 35.0. The van der Waals surface area contributed by atoms with Crippen molar-refractivity contribution in [2.45, 2.75) is 99.2 Å². The molecule has 0 radical (unpaired) electrons. The smallest absolute Gasteiger partial charge is 0.397 e. The number of carboxylic acid groups (broad SMARTS) is 2. The molecule has 12 N–H and O–H groups in total. The van der Waals surface area contributed by atoms with Crippen molar-refractivity contribution < 1.29 is 96.5 Å². The Bertz CT molecular complexity index is 1200. The first-order valence-electron chi connectivity index (χ1n) is 13.0. The van der Waals surface area contributed by atoms with Gasteiger partial charge in [-0.25, -0.2) is 13.8 Å². The predicted molar refractivity (Wildman–Crippen MR) is 137 cm³/mol. The summed E-state index contributed by atoms with van der Waals surface area (Å²) in [6.45, 7) is -0.752. The monoisotopic (exact) mass is 680 g/mol. The molecule has 23 heteroatoms. The first-order chi connectivity index (χ1) is 20.6. The van der Waals surface area contributed by atoms with Gasteiger partial charge in [0, 0.05) is 26.7 Å². The summed E-state index contributed by atoms with van der Waals surface area (Å²) in [5.41, 5.74) is 0. The number of hydrogen-bond acceptors (Lipinski definition) is 17. The van der Waals surface area contributed by atoms with Gasteiger partial charge in [-0.3, -0.25) is 14.1 Å². The number of carboxylic acids is 2. The van der Waals surface area contributed by atoms with E-state index in [1.54, 1.807) is 0 Å². The number of amides is 2. The van der Waals surface area contributed by atoms with Crippen molar-refractivity contribution in [3.8, 4) is 0 Å². The van der Waals surface area contributed by atoms with Crippen LogP contribution >= 0.6 is 0 Å². The molecule has 0 spiro atoms. The second kappa shape index (κ2) is 14.8. The van der Waals surface area contributed by atoms with E-state index in [9.17, 15) is 73.6 Å². The molecule has 2 aliphatic heterocycles.